The summed E-state index contributed by atoms with van der Waals surface area (Å²) in [4.78, 5) is 29.1. The fourth-order valence-corrected chi connectivity index (χ4v) is 3.52. The molecule has 0 radical (unpaired) electrons. The van der Waals surface area contributed by atoms with E-state index in [1.165, 1.54) is 12.1 Å². The fourth-order valence-electron chi connectivity index (χ4n) is 3.52. The first-order chi connectivity index (χ1) is 13.2. The number of pyridine rings is 1. The molecule has 2 aromatic heterocycles. The highest BCUT2D eigenvalue weighted by molar-refractivity contribution is 6.23. The van der Waals surface area contributed by atoms with Crippen LogP contribution in [0.3, 0.4) is 0 Å². The molecular formula is C20H18FN3O3. The Kier molecular flexibility index (Phi) is 4.68. The lowest BCUT2D eigenvalue weighted by molar-refractivity contribution is -0.145. The first kappa shape index (κ1) is 17.4. The van der Waals surface area contributed by atoms with Gasteiger partial charge in [-0.1, -0.05) is 12.1 Å². The molecule has 0 aliphatic carbocycles. The predicted octanol–water partition coefficient (Wildman–Crippen LogP) is 2.32. The Bertz CT molecular complexity index is 984. The molecule has 27 heavy (non-hydrogen) atoms. The molecule has 1 fully saturated rings. The average Bonchev–Trinajstić information content (AvgIpc) is 3.07. The van der Waals surface area contributed by atoms with Gasteiger partial charge in [0.05, 0.1) is 19.3 Å². The van der Waals surface area contributed by atoms with E-state index < -0.39 is 5.91 Å². The van der Waals surface area contributed by atoms with Crippen molar-refractivity contribution in [3.8, 4) is 0 Å². The van der Waals surface area contributed by atoms with Gasteiger partial charge in [0.15, 0.2) is 0 Å². The second kappa shape index (κ2) is 7.28. The number of hydrogen-bond acceptors (Lipinski definition) is 4. The van der Waals surface area contributed by atoms with Gasteiger partial charge >= 0.3 is 0 Å². The van der Waals surface area contributed by atoms with Crippen molar-refractivity contribution in [2.45, 2.75) is 12.6 Å². The maximum atomic E-state index is 13.2. The summed E-state index contributed by atoms with van der Waals surface area (Å²) in [5, 5.41) is 0.902. The number of nitrogens with zero attached hydrogens (tertiary/aromatic N) is 3. The van der Waals surface area contributed by atoms with Crippen LogP contribution in [0, 0.1) is 5.82 Å². The van der Waals surface area contributed by atoms with Gasteiger partial charge < -0.3 is 14.2 Å². The highest BCUT2D eigenvalue weighted by Crippen LogP contribution is 2.31. The summed E-state index contributed by atoms with van der Waals surface area (Å²) in [5.74, 6) is -0.830. The van der Waals surface area contributed by atoms with E-state index in [-0.39, 0.29) is 11.9 Å². The number of amides is 1. The number of hydrogen-bond donors (Lipinski definition) is 0. The molecule has 0 spiro atoms. The van der Waals surface area contributed by atoms with E-state index in [9.17, 15) is 14.0 Å². The van der Waals surface area contributed by atoms with Gasteiger partial charge in [-0.05, 0) is 29.8 Å². The van der Waals surface area contributed by atoms with E-state index >= 15 is 0 Å². The molecule has 0 bridgehead atoms. The molecule has 138 valence electrons. The lowest BCUT2D eigenvalue weighted by atomic mass is 10.0. The Morgan fingerprint density at radius 3 is 2.89 bits per heavy atom. The molecule has 6 nitrogen and oxygen atoms in total. The fraction of sp³-hybridized carbons (Fsp3) is 0.250. The standard InChI is InChI=1S/C20H18FN3O3/c21-15-5-3-14(4-6-15)10-23-11-17(16-2-1-7-22-20(16)23)18-13-27-9-8-24(18)19(26)12-25/h1-7,11-12,18H,8-10,13H2. The molecular weight excluding hydrogens is 349 g/mol. The maximum Gasteiger partial charge on any atom is 0.287 e. The van der Waals surface area contributed by atoms with E-state index in [2.05, 4.69) is 4.98 Å². The first-order valence-corrected chi connectivity index (χ1v) is 8.69. The molecule has 1 aliphatic heterocycles. The summed E-state index contributed by atoms with van der Waals surface area (Å²) >= 11 is 0. The zero-order valence-corrected chi connectivity index (χ0v) is 14.5. The summed E-state index contributed by atoms with van der Waals surface area (Å²) < 4.78 is 20.7. The number of rotatable bonds is 4. The quantitative estimate of drug-likeness (QED) is 0.524. The Hall–Kier alpha value is -3.06. The van der Waals surface area contributed by atoms with E-state index in [0.29, 0.717) is 32.6 Å². The van der Waals surface area contributed by atoms with Crippen LogP contribution in [0.5, 0.6) is 0 Å². The minimum atomic E-state index is -0.549. The van der Waals surface area contributed by atoms with Crippen LogP contribution in [0.1, 0.15) is 17.2 Å². The maximum absolute atomic E-state index is 13.2. The van der Waals surface area contributed by atoms with Crippen LogP contribution in [0.25, 0.3) is 11.0 Å². The van der Waals surface area contributed by atoms with E-state index in [1.807, 2.05) is 22.9 Å². The minimum absolute atomic E-state index is 0.280. The number of aromatic nitrogens is 2. The average molecular weight is 367 g/mol. The van der Waals surface area contributed by atoms with Crippen LogP contribution in [0.15, 0.2) is 48.8 Å². The summed E-state index contributed by atoms with van der Waals surface area (Å²) in [5.41, 5.74) is 2.59. The molecule has 1 amide bonds. The number of fused-ring (bicyclic) bond motifs is 1. The van der Waals surface area contributed by atoms with Gasteiger partial charge in [0.2, 0.25) is 6.29 Å². The van der Waals surface area contributed by atoms with E-state index in [4.69, 9.17) is 4.74 Å². The number of benzene rings is 1. The number of carbonyl (C=O) groups is 2. The van der Waals surface area contributed by atoms with Crippen molar-refractivity contribution in [3.63, 3.8) is 0 Å². The highest BCUT2D eigenvalue weighted by atomic mass is 19.1. The van der Waals surface area contributed by atoms with Gasteiger partial charge in [-0.25, -0.2) is 9.37 Å². The number of morpholine rings is 1. The van der Waals surface area contributed by atoms with Gasteiger partial charge in [0, 0.05) is 36.4 Å². The van der Waals surface area contributed by atoms with Crippen LogP contribution in [0.2, 0.25) is 0 Å². The van der Waals surface area contributed by atoms with E-state index in [1.54, 1.807) is 23.2 Å². The topological polar surface area (TPSA) is 64.4 Å². The smallest absolute Gasteiger partial charge is 0.287 e. The zero-order valence-electron chi connectivity index (χ0n) is 14.5. The molecule has 7 heteroatoms. The van der Waals surface area contributed by atoms with Gasteiger partial charge in [-0.15, -0.1) is 0 Å². The Balaban J connectivity index is 1.76. The number of ether oxygens (including phenoxy) is 1. The summed E-state index contributed by atoms with van der Waals surface area (Å²) in [6, 6.07) is 9.74. The number of carbonyl (C=O) groups excluding carboxylic acids is 2. The molecule has 4 rings (SSSR count). The van der Waals surface area contributed by atoms with Crippen LogP contribution in [0.4, 0.5) is 4.39 Å². The number of halogens is 1. The Labute approximate surface area is 155 Å². The SMILES string of the molecule is O=CC(=O)N1CCOCC1c1cn(Cc2ccc(F)cc2)c2ncccc12. The number of aldehydes is 1. The Morgan fingerprint density at radius 1 is 1.30 bits per heavy atom. The van der Waals surface area contributed by atoms with Crippen molar-refractivity contribution in [3.05, 3.63) is 65.7 Å². The molecule has 1 saturated heterocycles. The third kappa shape index (κ3) is 3.33. The lowest BCUT2D eigenvalue weighted by Crippen LogP contribution is -2.43. The van der Waals surface area contributed by atoms with Crippen LogP contribution < -0.4 is 0 Å². The summed E-state index contributed by atoms with van der Waals surface area (Å²) in [7, 11) is 0. The molecule has 1 atom stereocenters. The van der Waals surface area contributed by atoms with Crippen molar-refractivity contribution in [2.75, 3.05) is 19.8 Å². The van der Waals surface area contributed by atoms with Crippen molar-refractivity contribution >= 4 is 23.2 Å². The largest absolute Gasteiger partial charge is 0.377 e. The molecule has 0 N–H and O–H groups in total. The monoisotopic (exact) mass is 367 g/mol. The van der Waals surface area contributed by atoms with Crippen LogP contribution >= 0.6 is 0 Å². The van der Waals surface area contributed by atoms with Crippen molar-refractivity contribution in [2.24, 2.45) is 0 Å². The van der Waals surface area contributed by atoms with Crippen molar-refractivity contribution in [1.82, 2.24) is 14.5 Å². The zero-order chi connectivity index (χ0) is 18.8. The molecule has 1 aromatic carbocycles. The van der Waals surface area contributed by atoms with Crippen LogP contribution in [-0.4, -0.2) is 46.4 Å². The third-order valence-corrected chi connectivity index (χ3v) is 4.80. The lowest BCUT2D eigenvalue weighted by Gasteiger charge is -2.34. The van der Waals surface area contributed by atoms with Gasteiger partial charge in [0.25, 0.3) is 5.91 Å². The molecule has 3 aromatic rings. The van der Waals surface area contributed by atoms with Crippen LogP contribution in [-0.2, 0) is 20.9 Å². The predicted molar refractivity (Wildman–Crippen MR) is 96.6 cm³/mol. The van der Waals surface area contributed by atoms with Gasteiger partial charge in [0.1, 0.15) is 11.5 Å². The molecule has 0 saturated carbocycles. The summed E-state index contributed by atoms with van der Waals surface area (Å²) in [6.45, 7) is 1.61. The van der Waals surface area contributed by atoms with E-state index in [0.717, 1.165) is 22.2 Å². The Morgan fingerprint density at radius 2 is 2.11 bits per heavy atom. The third-order valence-electron chi connectivity index (χ3n) is 4.80. The minimum Gasteiger partial charge on any atom is -0.377 e. The highest BCUT2D eigenvalue weighted by Gasteiger charge is 2.31. The second-order valence-electron chi connectivity index (χ2n) is 6.45. The van der Waals surface area contributed by atoms with Crippen molar-refractivity contribution in [1.29, 1.82) is 0 Å². The normalized spacial score (nSPS) is 17.2. The molecule has 1 unspecified atom stereocenters. The second-order valence-corrected chi connectivity index (χ2v) is 6.45. The molecule has 1 aliphatic rings. The first-order valence-electron chi connectivity index (χ1n) is 8.69. The summed E-state index contributed by atoms with van der Waals surface area (Å²) in [6.07, 6.45) is 3.98. The molecule has 3 heterocycles. The van der Waals surface area contributed by atoms with Crippen molar-refractivity contribution < 1.29 is 18.7 Å². The van der Waals surface area contributed by atoms with Gasteiger partial charge in [-0.3, -0.25) is 9.59 Å². The van der Waals surface area contributed by atoms with Gasteiger partial charge in [-0.2, -0.15) is 0 Å².